The summed E-state index contributed by atoms with van der Waals surface area (Å²) in [6.07, 6.45) is -0.917. The molecular formula is C14H8Cl2O2. The number of halogens is 2. The second-order valence-electron chi connectivity index (χ2n) is 4.14. The van der Waals surface area contributed by atoms with Crippen molar-refractivity contribution in [2.45, 2.75) is 6.10 Å². The Labute approximate surface area is 114 Å². The van der Waals surface area contributed by atoms with Crippen molar-refractivity contribution in [3.8, 4) is 0 Å². The van der Waals surface area contributed by atoms with E-state index in [9.17, 15) is 9.90 Å². The summed E-state index contributed by atoms with van der Waals surface area (Å²) in [4.78, 5) is 12.4. The number of carbonyl (C=O) groups excluding carboxylic acids is 1. The number of rotatable bonds is 0. The van der Waals surface area contributed by atoms with Gasteiger partial charge in [-0.05, 0) is 17.7 Å². The Balaban J connectivity index is 2.36. The van der Waals surface area contributed by atoms with Crippen LogP contribution < -0.4 is 0 Å². The molecule has 0 aromatic heterocycles. The lowest BCUT2D eigenvalue weighted by Gasteiger charge is -2.25. The third-order valence-electron chi connectivity index (χ3n) is 3.14. The Morgan fingerprint density at radius 1 is 1.00 bits per heavy atom. The molecule has 2 nitrogen and oxygen atoms in total. The zero-order chi connectivity index (χ0) is 12.9. The molecule has 0 amide bonds. The van der Waals surface area contributed by atoms with Gasteiger partial charge < -0.3 is 5.11 Å². The van der Waals surface area contributed by atoms with Gasteiger partial charge in [0.15, 0.2) is 5.78 Å². The van der Waals surface area contributed by atoms with E-state index in [0.717, 1.165) is 0 Å². The number of hydrogen-bond donors (Lipinski definition) is 1. The molecule has 1 aliphatic carbocycles. The molecule has 0 radical (unpaired) electrons. The molecule has 0 fully saturated rings. The molecular weight excluding hydrogens is 271 g/mol. The minimum Gasteiger partial charge on any atom is -0.384 e. The molecule has 0 aliphatic heterocycles. The lowest BCUT2D eigenvalue weighted by molar-refractivity contribution is 0.101. The molecule has 1 atom stereocenters. The standard InChI is InChI=1S/C14H8Cl2O2/c15-9-5-1-3-7-11(9)14(18)8-4-2-6-10(16)12(8)13(7)17/h1-6,13,17H. The van der Waals surface area contributed by atoms with Gasteiger partial charge in [0, 0.05) is 21.7 Å². The molecule has 1 unspecified atom stereocenters. The predicted octanol–water partition coefficient (Wildman–Crippen LogP) is 3.62. The number of hydrogen-bond acceptors (Lipinski definition) is 2. The first-order valence-corrected chi connectivity index (χ1v) is 6.16. The topological polar surface area (TPSA) is 37.3 Å². The second-order valence-corrected chi connectivity index (χ2v) is 4.95. The molecule has 90 valence electrons. The van der Waals surface area contributed by atoms with E-state index < -0.39 is 6.10 Å². The van der Waals surface area contributed by atoms with Crippen LogP contribution in [0.15, 0.2) is 36.4 Å². The van der Waals surface area contributed by atoms with Crippen molar-refractivity contribution in [2.24, 2.45) is 0 Å². The van der Waals surface area contributed by atoms with Crippen LogP contribution in [0, 0.1) is 0 Å². The first-order chi connectivity index (χ1) is 8.61. The highest BCUT2D eigenvalue weighted by atomic mass is 35.5. The molecule has 18 heavy (non-hydrogen) atoms. The van der Waals surface area contributed by atoms with Gasteiger partial charge in [0.2, 0.25) is 0 Å². The fourth-order valence-electron chi connectivity index (χ4n) is 2.31. The van der Waals surface area contributed by atoms with Gasteiger partial charge in [0.05, 0.1) is 5.02 Å². The van der Waals surface area contributed by atoms with Crippen molar-refractivity contribution in [2.75, 3.05) is 0 Å². The average molecular weight is 279 g/mol. The molecule has 1 N–H and O–H groups in total. The highest BCUT2D eigenvalue weighted by Gasteiger charge is 2.32. The van der Waals surface area contributed by atoms with E-state index in [-0.39, 0.29) is 5.78 Å². The van der Waals surface area contributed by atoms with Crippen LogP contribution in [0.2, 0.25) is 10.0 Å². The molecule has 1 aliphatic rings. The summed E-state index contributed by atoms with van der Waals surface area (Å²) >= 11 is 12.1. The van der Waals surface area contributed by atoms with Crippen molar-refractivity contribution in [1.29, 1.82) is 0 Å². The van der Waals surface area contributed by atoms with E-state index >= 15 is 0 Å². The number of benzene rings is 2. The third kappa shape index (κ3) is 1.50. The van der Waals surface area contributed by atoms with Gasteiger partial charge in [-0.15, -0.1) is 0 Å². The van der Waals surface area contributed by atoms with Crippen molar-refractivity contribution in [3.05, 3.63) is 68.7 Å². The predicted molar refractivity (Wildman–Crippen MR) is 70.4 cm³/mol. The number of carbonyl (C=O) groups is 1. The second kappa shape index (κ2) is 4.09. The smallest absolute Gasteiger partial charge is 0.195 e. The molecule has 0 saturated heterocycles. The molecule has 2 aromatic carbocycles. The lowest BCUT2D eigenvalue weighted by Crippen LogP contribution is -2.20. The number of aliphatic hydroxyl groups excluding tert-OH is 1. The molecule has 0 saturated carbocycles. The molecule has 3 rings (SSSR count). The van der Waals surface area contributed by atoms with Gasteiger partial charge in [0.25, 0.3) is 0 Å². The zero-order valence-electron chi connectivity index (χ0n) is 9.15. The summed E-state index contributed by atoms with van der Waals surface area (Å²) < 4.78 is 0. The maximum absolute atomic E-state index is 12.4. The maximum Gasteiger partial charge on any atom is 0.195 e. The maximum atomic E-state index is 12.4. The van der Waals surface area contributed by atoms with Gasteiger partial charge in [-0.3, -0.25) is 4.79 Å². The van der Waals surface area contributed by atoms with E-state index in [4.69, 9.17) is 23.2 Å². The SMILES string of the molecule is O=C1c2cccc(Cl)c2C(O)c2cccc(Cl)c21. The monoisotopic (exact) mass is 278 g/mol. The Kier molecular flexibility index (Phi) is 2.67. The van der Waals surface area contributed by atoms with Gasteiger partial charge in [-0.25, -0.2) is 0 Å². The van der Waals surface area contributed by atoms with Crippen LogP contribution in [0.25, 0.3) is 0 Å². The van der Waals surface area contributed by atoms with Crippen LogP contribution in [0.3, 0.4) is 0 Å². The van der Waals surface area contributed by atoms with Gasteiger partial charge in [0.1, 0.15) is 6.10 Å². The molecule has 0 bridgehead atoms. The highest BCUT2D eigenvalue weighted by molar-refractivity contribution is 6.36. The van der Waals surface area contributed by atoms with Crippen LogP contribution in [0.4, 0.5) is 0 Å². The summed E-state index contributed by atoms with van der Waals surface area (Å²) in [5.74, 6) is -0.196. The largest absolute Gasteiger partial charge is 0.384 e. The molecule has 0 heterocycles. The van der Waals surface area contributed by atoms with Gasteiger partial charge in [-0.2, -0.15) is 0 Å². The van der Waals surface area contributed by atoms with Crippen molar-refractivity contribution < 1.29 is 9.90 Å². The van der Waals surface area contributed by atoms with Crippen molar-refractivity contribution in [1.82, 2.24) is 0 Å². The Morgan fingerprint density at radius 2 is 1.67 bits per heavy atom. The summed E-state index contributed by atoms with van der Waals surface area (Å²) in [7, 11) is 0. The summed E-state index contributed by atoms with van der Waals surface area (Å²) in [5, 5.41) is 11.1. The fraction of sp³-hybridized carbons (Fsp3) is 0.0714. The zero-order valence-corrected chi connectivity index (χ0v) is 10.7. The van der Waals surface area contributed by atoms with E-state index in [1.807, 2.05) is 0 Å². The normalized spacial score (nSPS) is 17.3. The quantitative estimate of drug-likeness (QED) is 0.799. The number of aliphatic hydroxyl groups is 1. The van der Waals surface area contributed by atoms with Crippen LogP contribution in [-0.4, -0.2) is 10.9 Å². The number of ketones is 1. The first kappa shape index (κ1) is 11.7. The third-order valence-corrected chi connectivity index (χ3v) is 3.78. The van der Waals surface area contributed by atoms with Gasteiger partial charge in [-0.1, -0.05) is 47.5 Å². The molecule has 0 spiro atoms. The Bertz CT molecular complexity index is 665. The van der Waals surface area contributed by atoms with E-state index in [1.54, 1.807) is 36.4 Å². The molecule has 2 aromatic rings. The van der Waals surface area contributed by atoms with E-state index in [2.05, 4.69) is 0 Å². The number of fused-ring (bicyclic) bond motifs is 2. The van der Waals surface area contributed by atoms with Crippen LogP contribution in [-0.2, 0) is 0 Å². The van der Waals surface area contributed by atoms with Crippen molar-refractivity contribution >= 4 is 29.0 Å². The Morgan fingerprint density at radius 3 is 2.44 bits per heavy atom. The average Bonchev–Trinajstić information content (AvgIpc) is 2.35. The first-order valence-electron chi connectivity index (χ1n) is 5.41. The molecule has 4 heteroatoms. The minimum atomic E-state index is -0.917. The minimum absolute atomic E-state index is 0.196. The van der Waals surface area contributed by atoms with Crippen LogP contribution in [0.1, 0.15) is 33.2 Å². The van der Waals surface area contributed by atoms with Crippen molar-refractivity contribution in [3.63, 3.8) is 0 Å². The summed E-state index contributed by atoms with van der Waals surface area (Å²) in [5.41, 5.74) is 1.74. The van der Waals surface area contributed by atoms with Crippen LogP contribution in [0.5, 0.6) is 0 Å². The summed E-state index contributed by atoms with van der Waals surface area (Å²) in [6, 6.07) is 10.0. The van der Waals surface area contributed by atoms with Gasteiger partial charge >= 0.3 is 0 Å². The van der Waals surface area contributed by atoms with Crippen LogP contribution >= 0.6 is 23.2 Å². The summed E-state index contributed by atoms with van der Waals surface area (Å²) in [6.45, 7) is 0. The van der Waals surface area contributed by atoms with E-state index in [0.29, 0.717) is 32.3 Å². The Hall–Kier alpha value is -1.35. The van der Waals surface area contributed by atoms with E-state index in [1.165, 1.54) is 0 Å². The highest BCUT2D eigenvalue weighted by Crippen LogP contribution is 2.40. The fourth-order valence-corrected chi connectivity index (χ4v) is 2.86. The lowest BCUT2D eigenvalue weighted by atomic mass is 9.83.